The van der Waals surface area contributed by atoms with Gasteiger partial charge in [0.25, 0.3) is 5.91 Å². The van der Waals surface area contributed by atoms with E-state index in [4.69, 9.17) is 24.5 Å². The number of nitrogens with zero attached hydrogens (tertiary/aromatic N) is 6. The number of esters is 1. The van der Waals surface area contributed by atoms with Crippen molar-refractivity contribution in [3.05, 3.63) is 6.33 Å². The number of aromatic nitrogens is 4. The van der Waals surface area contributed by atoms with Crippen LogP contribution in [0.25, 0.3) is 11.2 Å². The van der Waals surface area contributed by atoms with Gasteiger partial charge in [-0.25, -0.2) is 14.9 Å². The molecule has 20 heteroatoms. The van der Waals surface area contributed by atoms with E-state index in [0.29, 0.717) is 11.4 Å². The lowest BCUT2D eigenvalue weighted by molar-refractivity contribution is -0.149. The predicted molar refractivity (Wildman–Crippen MR) is 152 cm³/mol. The molecule has 0 bridgehead atoms. The van der Waals surface area contributed by atoms with Gasteiger partial charge in [0.15, 0.2) is 17.4 Å². The van der Waals surface area contributed by atoms with Gasteiger partial charge in [0, 0.05) is 19.8 Å². The number of hydrogen-bond donors (Lipinski definition) is 4. The van der Waals surface area contributed by atoms with Crippen LogP contribution >= 0.6 is 18.1 Å². The van der Waals surface area contributed by atoms with Crippen LogP contribution in [0.4, 0.5) is 10.7 Å². The van der Waals surface area contributed by atoms with Gasteiger partial charge in [0.2, 0.25) is 11.8 Å². The standard InChI is InChI=1S/C23H35N8O10PS/c1-10(2)40-21(35)11(3)28-42(37,43-8-12-19(34)30(5)23(36)29(12)4)39-7-13-15(32)16(33)20(41-13)31-9-25-14-17(31)26-22(24)27-18(14)38-6/h9-13,15-16,20,32-33H,7-8H2,1-6H3,(H,28,37)(H2,24,26,27)/t11-,12?,13-,15-,16-,20-,42+/m1/s1. The fraction of sp³-hybridized carbons (Fsp3) is 0.652. The maximum Gasteiger partial charge on any atom is 0.327 e. The Labute approximate surface area is 250 Å². The third kappa shape index (κ3) is 6.72. The van der Waals surface area contributed by atoms with Crippen LogP contribution in [0.15, 0.2) is 6.33 Å². The van der Waals surface area contributed by atoms with Crippen molar-refractivity contribution in [1.29, 1.82) is 0 Å². The van der Waals surface area contributed by atoms with Gasteiger partial charge in [0.1, 0.15) is 30.4 Å². The van der Waals surface area contributed by atoms with E-state index in [-0.39, 0.29) is 28.7 Å². The fourth-order valence-electron chi connectivity index (χ4n) is 4.44. The first-order valence-electron chi connectivity index (χ1n) is 13.1. The number of methoxy groups -OCH3 is 1. The second kappa shape index (κ2) is 12.9. The summed E-state index contributed by atoms with van der Waals surface area (Å²) >= 11 is 0.702. The smallest absolute Gasteiger partial charge is 0.327 e. The molecule has 0 aromatic carbocycles. The molecule has 7 atom stereocenters. The molecule has 2 fully saturated rings. The van der Waals surface area contributed by atoms with Crippen molar-refractivity contribution in [2.24, 2.45) is 0 Å². The number of aliphatic hydroxyl groups excluding tert-OH is 2. The summed E-state index contributed by atoms with van der Waals surface area (Å²) in [7, 11) is 4.16. The number of aliphatic hydroxyl groups is 2. The number of nitrogen functional groups attached to an aromatic ring is 1. The topological polar surface area (TPSA) is 234 Å². The van der Waals surface area contributed by atoms with Gasteiger partial charge >= 0.3 is 18.7 Å². The maximum absolute atomic E-state index is 14.0. The zero-order chi connectivity index (χ0) is 31.8. The van der Waals surface area contributed by atoms with Crippen LogP contribution in [0.1, 0.15) is 27.0 Å². The van der Waals surface area contributed by atoms with E-state index in [2.05, 4.69) is 20.0 Å². The average molecular weight is 647 g/mol. The van der Waals surface area contributed by atoms with E-state index in [1.807, 2.05) is 0 Å². The van der Waals surface area contributed by atoms with Crippen LogP contribution in [-0.2, 0) is 28.2 Å². The highest BCUT2D eigenvalue weighted by Gasteiger charge is 2.47. The number of likely N-dealkylation sites (N-methyl/N-ethyl adjacent to an activating group) is 2. The molecule has 18 nitrogen and oxygen atoms in total. The Morgan fingerprint density at radius 3 is 2.53 bits per heavy atom. The third-order valence-electron chi connectivity index (χ3n) is 6.75. The van der Waals surface area contributed by atoms with Gasteiger partial charge in [-0.15, -0.1) is 0 Å². The number of ether oxygens (including phenoxy) is 3. The Balaban J connectivity index is 1.51. The van der Waals surface area contributed by atoms with E-state index in [0.717, 1.165) is 4.90 Å². The Morgan fingerprint density at radius 2 is 1.93 bits per heavy atom. The minimum atomic E-state index is -4.04. The quantitative estimate of drug-likeness (QED) is 0.132. The normalized spacial score (nSPS) is 26.4. The molecule has 2 saturated heterocycles. The molecule has 2 aromatic rings. The zero-order valence-electron chi connectivity index (χ0n) is 24.3. The molecule has 1 unspecified atom stereocenters. The van der Waals surface area contributed by atoms with E-state index >= 15 is 0 Å². The molecule has 238 valence electrons. The Morgan fingerprint density at radius 1 is 1.23 bits per heavy atom. The van der Waals surface area contributed by atoms with Crippen LogP contribution in [0.5, 0.6) is 5.88 Å². The van der Waals surface area contributed by atoms with Crippen molar-refractivity contribution in [3.63, 3.8) is 0 Å². The summed E-state index contributed by atoms with van der Waals surface area (Å²) in [5, 5.41) is 24.3. The molecular weight excluding hydrogens is 611 g/mol. The first-order chi connectivity index (χ1) is 20.2. The molecule has 0 saturated carbocycles. The summed E-state index contributed by atoms with van der Waals surface area (Å²) < 4.78 is 37.4. The van der Waals surface area contributed by atoms with Gasteiger partial charge in [0.05, 0.1) is 26.1 Å². The molecule has 4 heterocycles. The summed E-state index contributed by atoms with van der Waals surface area (Å²) in [6, 6.07) is -2.54. The number of imide groups is 1. The summed E-state index contributed by atoms with van der Waals surface area (Å²) in [5.74, 6) is -1.34. The molecule has 2 aliphatic rings. The van der Waals surface area contributed by atoms with Crippen LogP contribution in [0, 0.1) is 0 Å². The van der Waals surface area contributed by atoms with Crippen molar-refractivity contribution in [3.8, 4) is 5.88 Å². The number of hydrogen-bond acceptors (Lipinski definition) is 15. The van der Waals surface area contributed by atoms with E-state index < -0.39 is 74.0 Å². The monoisotopic (exact) mass is 646 g/mol. The summed E-state index contributed by atoms with van der Waals surface area (Å²) in [5.41, 5.74) is 6.18. The fourth-order valence-corrected chi connectivity index (χ4v) is 8.41. The number of imidazole rings is 1. The summed E-state index contributed by atoms with van der Waals surface area (Å²) in [6.07, 6.45) is -4.51. The Bertz CT molecular complexity index is 1430. The van der Waals surface area contributed by atoms with E-state index in [1.165, 1.54) is 43.9 Å². The SMILES string of the molecule is COc1nc(N)nc2c1ncn2[C@@H]1O[C@H](CO[P@@](=O)(N[C@H](C)C(=O)OC(C)C)SCC2C(=O)N(C)C(=O)N2C)[C@@H](O)[C@H]1O. The van der Waals surface area contributed by atoms with Gasteiger partial charge in [-0.05, 0) is 20.8 Å². The average Bonchev–Trinajstić information content (AvgIpc) is 3.55. The van der Waals surface area contributed by atoms with Gasteiger partial charge in [-0.2, -0.15) is 9.97 Å². The third-order valence-corrected chi connectivity index (χ3v) is 10.8. The minimum absolute atomic E-state index is 0.0996. The lowest BCUT2D eigenvalue weighted by Crippen LogP contribution is -2.37. The van der Waals surface area contributed by atoms with E-state index in [1.54, 1.807) is 13.8 Å². The molecule has 0 radical (unpaired) electrons. The number of rotatable bonds is 12. The van der Waals surface area contributed by atoms with Gasteiger partial charge in [-0.3, -0.25) is 23.6 Å². The molecule has 2 aromatic heterocycles. The number of nitrogens with one attached hydrogen (secondary N) is 1. The van der Waals surface area contributed by atoms with Crippen LogP contribution in [-0.4, -0.2) is 128 Å². The lowest BCUT2D eigenvalue weighted by Gasteiger charge is -2.26. The van der Waals surface area contributed by atoms with E-state index in [9.17, 15) is 29.2 Å². The molecule has 0 spiro atoms. The number of urea groups is 1. The highest BCUT2D eigenvalue weighted by molar-refractivity contribution is 8.56. The highest BCUT2D eigenvalue weighted by Crippen LogP contribution is 2.57. The molecule has 43 heavy (non-hydrogen) atoms. The number of amides is 3. The summed E-state index contributed by atoms with van der Waals surface area (Å²) in [4.78, 5) is 51.7. The zero-order valence-corrected chi connectivity index (χ0v) is 26.0. The van der Waals surface area contributed by atoms with Crippen molar-refractivity contribution >= 4 is 53.1 Å². The van der Waals surface area contributed by atoms with Crippen molar-refractivity contribution in [1.82, 2.24) is 34.4 Å². The molecule has 2 aliphatic heterocycles. The lowest BCUT2D eigenvalue weighted by atomic mass is 10.1. The number of carbonyl (C=O) groups is 3. The minimum Gasteiger partial charge on any atom is -0.479 e. The predicted octanol–water partition coefficient (Wildman–Crippen LogP) is -0.284. The Kier molecular flexibility index (Phi) is 9.85. The van der Waals surface area contributed by atoms with Crippen molar-refractivity contribution in [2.45, 2.75) is 63.5 Å². The number of nitrogens with two attached hydrogens (primary N) is 1. The Hall–Kier alpha value is -3.06. The highest BCUT2D eigenvalue weighted by atomic mass is 32.7. The maximum atomic E-state index is 14.0. The molecule has 3 amide bonds. The molecule has 0 aliphatic carbocycles. The largest absolute Gasteiger partial charge is 0.479 e. The molecule has 4 rings (SSSR count). The van der Waals surface area contributed by atoms with Gasteiger partial charge < -0.3 is 39.6 Å². The second-order valence-corrected chi connectivity index (χ2v) is 14.5. The number of anilines is 1. The second-order valence-electron chi connectivity index (χ2n) is 10.2. The van der Waals surface area contributed by atoms with Crippen molar-refractivity contribution in [2.75, 3.05) is 39.3 Å². The van der Waals surface area contributed by atoms with Crippen LogP contribution < -0.4 is 15.6 Å². The molecular formula is C23H35N8O10PS. The first kappa shape index (κ1) is 32.8. The molecule has 5 N–H and O–H groups in total. The van der Waals surface area contributed by atoms with Crippen LogP contribution in [0.2, 0.25) is 0 Å². The first-order valence-corrected chi connectivity index (χ1v) is 16.4. The van der Waals surface area contributed by atoms with Crippen molar-refractivity contribution < 1.29 is 47.9 Å². The summed E-state index contributed by atoms with van der Waals surface area (Å²) in [6.45, 7) is 0.201. The number of carbonyl (C=O) groups excluding carboxylic acids is 3. The number of fused-ring (bicyclic) bond motifs is 1. The van der Waals surface area contributed by atoms with Gasteiger partial charge in [-0.1, -0.05) is 11.4 Å². The van der Waals surface area contributed by atoms with Crippen LogP contribution in [0.3, 0.4) is 0 Å².